The zero-order valence-corrected chi connectivity index (χ0v) is 21.5. The predicted molar refractivity (Wildman–Crippen MR) is 147 cm³/mol. The van der Waals surface area contributed by atoms with Gasteiger partial charge in [0.15, 0.2) is 5.95 Å². The Morgan fingerprint density at radius 2 is 1.45 bits per heavy atom. The lowest BCUT2D eigenvalue weighted by Gasteiger charge is -2.38. The van der Waals surface area contributed by atoms with Crippen LogP contribution in [-0.4, -0.2) is 27.8 Å². The third-order valence-electron chi connectivity index (χ3n) is 5.69. The van der Waals surface area contributed by atoms with Crippen LogP contribution in [0.2, 0.25) is 0 Å². The number of nitrogens with one attached hydrogen (secondary N) is 1. The second-order valence-corrected chi connectivity index (χ2v) is 9.45. The molecule has 8 heteroatoms. The van der Waals surface area contributed by atoms with Crippen LogP contribution in [0.3, 0.4) is 0 Å². The quantitative estimate of drug-likeness (QED) is 0.106. The van der Waals surface area contributed by atoms with Crippen molar-refractivity contribution in [2.75, 3.05) is 6.54 Å². The molecule has 0 aliphatic rings. The fourth-order valence-corrected chi connectivity index (χ4v) is 4.31. The molecule has 4 aromatic rings. The van der Waals surface area contributed by atoms with Crippen molar-refractivity contribution in [3.63, 3.8) is 0 Å². The molecule has 0 atom stereocenters. The van der Waals surface area contributed by atoms with E-state index in [-0.39, 0.29) is 12.5 Å². The first-order valence-electron chi connectivity index (χ1n) is 12.1. The van der Waals surface area contributed by atoms with Crippen LogP contribution in [0.1, 0.15) is 43.2 Å². The first-order valence-corrected chi connectivity index (χ1v) is 12.1. The van der Waals surface area contributed by atoms with Gasteiger partial charge in [-0.25, -0.2) is 9.78 Å². The number of imidazole rings is 1. The van der Waals surface area contributed by atoms with Gasteiger partial charge in [-0.3, -0.25) is 0 Å². The minimum atomic E-state index is -0.908. The maximum Gasteiger partial charge on any atom is 0.408 e. The second kappa shape index (κ2) is 11.4. The van der Waals surface area contributed by atoms with E-state index in [0.717, 1.165) is 16.7 Å². The number of carbonyl (C=O) groups is 1. The predicted octanol–water partition coefficient (Wildman–Crippen LogP) is 6.54. The van der Waals surface area contributed by atoms with Gasteiger partial charge in [-0.05, 0) is 54.0 Å². The molecule has 0 bridgehead atoms. The van der Waals surface area contributed by atoms with E-state index in [1.165, 1.54) is 0 Å². The fourth-order valence-electron chi connectivity index (χ4n) is 4.31. The van der Waals surface area contributed by atoms with Crippen LogP contribution in [0.4, 0.5) is 10.7 Å². The van der Waals surface area contributed by atoms with Crippen LogP contribution in [0.5, 0.6) is 0 Å². The molecule has 8 nitrogen and oxygen atoms in total. The monoisotopic (exact) mass is 504 g/mol. The Morgan fingerprint density at radius 3 is 1.89 bits per heavy atom. The Hall–Kier alpha value is -4.99. The summed E-state index contributed by atoms with van der Waals surface area (Å²) in [4.78, 5) is 19.5. The van der Waals surface area contributed by atoms with Gasteiger partial charge in [0.1, 0.15) is 16.8 Å². The normalized spacial score (nSPS) is 11.0. The van der Waals surface area contributed by atoms with Crippen LogP contribution in [0, 0.1) is 11.8 Å². The van der Waals surface area contributed by atoms with Crippen molar-refractivity contribution in [2.45, 2.75) is 31.9 Å². The van der Waals surface area contributed by atoms with Gasteiger partial charge in [-0.1, -0.05) is 96.9 Å². The Kier molecular flexibility index (Phi) is 7.81. The summed E-state index contributed by atoms with van der Waals surface area (Å²) in [7, 11) is 0. The van der Waals surface area contributed by atoms with E-state index in [0.29, 0.717) is 5.69 Å². The number of nitrogens with zero attached hydrogens (tertiary/aromatic N) is 5. The maximum absolute atomic E-state index is 11.9. The minimum Gasteiger partial charge on any atom is -0.444 e. The summed E-state index contributed by atoms with van der Waals surface area (Å²) in [6.45, 7) is 5.45. The molecule has 0 aliphatic carbocycles. The van der Waals surface area contributed by atoms with Crippen molar-refractivity contribution in [3.05, 3.63) is 130 Å². The van der Waals surface area contributed by atoms with Crippen molar-refractivity contribution in [1.29, 1.82) is 0 Å². The molecule has 1 amide bonds. The number of hydrogen-bond acceptors (Lipinski definition) is 4. The van der Waals surface area contributed by atoms with Crippen LogP contribution < -0.4 is 5.32 Å². The highest BCUT2D eigenvalue weighted by molar-refractivity contribution is 5.68. The summed E-state index contributed by atoms with van der Waals surface area (Å²) in [5, 5.41) is 6.55. The fraction of sp³-hybridized carbons (Fsp3) is 0.200. The molecule has 3 aromatic carbocycles. The topological polar surface area (TPSA) is 105 Å². The number of amides is 1. The molecule has 0 saturated carbocycles. The van der Waals surface area contributed by atoms with E-state index in [2.05, 4.69) is 32.2 Å². The third-order valence-corrected chi connectivity index (χ3v) is 5.69. The highest BCUT2D eigenvalue weighted by Gasteiger charge is 2.40. The molecule has 1 N–H and O–H groups in total. The summed E-state index contributed by atoms with van der Waals surface area (Å²) < 4.78 is 7.10. The Labute approximate surface area is 221 Å². The average molecular weight is 505 g/mol. The van der Waals surface area contributed by atoms with Crippen molar-refractivity contribution in [2.24, 2.45) is 5.11 Å². The number of azide groups is 1. The van der Waals surface area contributed by atoms with E-state index < -0.39 is 17.2 Å². The summed E-state index contributed by atoms with van der Waals surface area (Å²) in [5.41, 5.74) is 11.2. The maximum atomic E-state index is 11.9. The van der Waals surface area contributed by atoms with Gasteiger partial charge in [-0.2, -0.15) is 0 Å². The molecule has 0 aliphatic heterocycles. The number of hydrogen-bond donors (Lipinski definition) is 1. The lowest BCUT2D eigenvalue weighted by atomic mass is 9.76. The number of aromatic nitrogens is 2. The van der Waals surface area contributed by atoms with E-state index >= 15 is 0 Å². The number of rotatable bonds is 6. The first-order chi connectivity index (χ1) is 18.3. The van der Waals surface area contributed by atoms with Gasteiger partial charge >= 0.3 is 6.09 Å². The van der Waals surface area contributed by atoms with Crippen molar-refractivity contribution < 1.29 is 9.53 Å². The molecule has 1 heterocycles. The molecule has 1 aromatic heterocycles. The van der Waals surface area contributed by atoms with Crippen LogP contribution in [-0.2, 0) is 10.3 Å². The molecule has 0 radical (unpaired) electrons. The number of benzene rings is 3. The van der Waals surface area contributed by atoms with Crippen molar-refractivity contribution in [3.8, 4) is 11.8 Å². The van der Waals surface area contributed by atoms with Gasteiger partial charge in [-0.15, -0.1) is 0 Å². The lowest BCUT2D eigenvalue weighted by molar-refractivity contribution is 0.0535. The molecule has 0 spiro atoms. The van der Waals surface area contributed by atoms with Crippen LogP contribution in [0.25, 0.3) is 10.4 Å². The first kappa shape index (κ1) is 26.1. The number of alkyl carbamates (subject to hydrolysis) is 1. The zero-order chi connectivity index (χ0) is 27.0. The van der Waals surface area contributed by atoms with Gasteiger partial charge in [0, 0.05) is 11.1 Å². The molecule has 4 rings (SSSR count). The van der Waals surface area contributed by atoms with E-state index in [4.69, 9.17) is 4.74 Å². The van der Waals surface area contributed by atoms with Crippen LogP contribution in [0.15, 0.2) is 102 Å². The third kappa shape index (κ3) is 5.70. The molecule has 38 heavy (non-hydrogen) atoms. The molecule has 0 unspecified atom stereocenters. The van der Waals surface area contributed by atoms with E-state index in [1.807, 2.05) is 95.6 Å². The molecule has 0 saturated heterocycles. The summed E-state index contributed by atoms with van der Waals surface area (Å²) in [5.74, 6) is 6.03. The highest BCUT2D eigenvalue weighted by Crippen LogP contribution is 2.43. The highest BCUT2D eigenvalue weighted by atomic mass is 16.6. The Balaban J connectivity index is 1.86. The summed E-state index contributed by atoms with van der Waals surface area (Å²) >= 11 is 0. The summed E-state index contributed by atoms with van der Waals surface area (Å²) in [6.07, 6.45) is 1.22. The van der Waals surface area contributed by atoms with E-state index in [9.17, 15) is 10.3 Å². The SMILES string of the molecule is CC(C)(C)OC(=O)NCC#Cc1cn(C(c2ccccc2)(c2ccccc2)c2ccccc2)c(N=[N+]=[N-])n1. The smallest absolute Gasteiger partial charge is 0.408 e. The van der Waals surface area contributed by atoms with Crippen molar-refractivity contribution >= 4 is 12.0 Å². The second-order valence-electron chi connectivity index (χ2n) is 9.45. The van der Waals surface area contributed by atoms with Crippen LogP contribution >= 0.6 is 0 Å². The van der Waals surface area contributed by atoms with Gasteiger partial charge in [0.05, 0.1) is 6.54 Å². The van der Waals surface area contributed by atoms with Crippen molar-refractivity contribution in [1.82, 2.24) is 14.9 Å². The summed E-state index contributed by atoms with van der Waals surface area (Å²) in [6, 6.07) is 30.0. The van der Waals surface area contributed by atoms with E-state index in [1.54, 1.807) is 27.0 Å². The molecular formula is C30H28N6O2. The lowest BCUT2D eigenvalue weighted by Crippen LogP contribution is -2.37. The van der Waals surface area contributed by atoms with Gasteiger partial charge in [0.25, 0.3) is 0 Å². The zero-order valence-electron chi connectivity index (χ0n) is 21.5. The molecular weight excluding hydrogens is 476 g/mol. The molecule has 0 fully saturated rings. The van der Waals surface area contributed by atoms with Gasteiger partial charge < -0.3 is 14.6 Å². The number of ether oxygens (including phenoxy) is 1. The molecule has 190 valence electrons. The standard InChI is InChI=1S/C30H28N6O2/c1-29(2,3)38-28(37)32-21-13-20-26-22-36(27(33-26)34-35-31)30(23-14-7-4-8-15-23,24-16-9-5-10-17-24)25-18-11-6-12-19-25/h4-12,14-19,22H,21H2,1-3H3,(H,32,37). The Bertz CT molecular complexity index is 1390. The average Bonchev–Trinajstić information content (AvgIpc) is 3.31. The number of carbonyl (C=O) groups excluding carboxylic acids is 1. The largest absolute Gasteiger partial charge is 0.444 e. The minimum absolute atomic E-state index is 0.0693. The van der Waals surface area contributed by atoms with Gasteiger partial charge in [0.2, 0.25) is 0 Å². The Morgan fingerprint density at radius 1 is 0.947 bits per heavy atom.